The van der Waals surface area contributed by atoms with Gasteiger partial charge >= 0.3 is 5.97 Å². The number of carbonyl (C=O) groups is 1. The summed E-state index contributed by atoms with van der Waals surface area (Å²) in [5, 5.41) is 0. The number of carbonyl (C=O) groups excluding carboxylic acids is 1. The molecule has 2 aromatic rings. The summed E-state index contributed by atoms with van der Waals surface area (Å²) < 4.78 is 11.3. The van der Waals surface area contributed by atoms with Gasteiger partial charge in [0.2, 0.25) is 0 Å². The van der Waals surface area contributed by atoms with E-state index in [2.05, 4.69) is 19.9 Å². The summed E-state index contributed by atoms with van der Waals surface area (Å²) in [7, 11) is 0. The van der Waals surface area contributed by atoms with E-state index < -0.39 is 0 Å². The molecule has 24 heavy (non-hydrogen) atoms. The Balaban J connectivity index is 1.85. The van der Waals surface area contributed by atoms with Gasteiger partial charge in [0.05, 0.1) is 6.42 Å². The molecule has 0 N–H and O–H groups in total. The van der Waals surface area contributed by atoms with Crippen LogP contribution in [-0.4, -0.2) is 18.7 Å². The van der Waals surface area contributed by atoms with Crippen molar-refractivity contribution in [2.24, 2.45) is 0 Å². The zero-order valence-electron chi connectivity index (χ0n) is 14.7. The second-order valence-electron chi connectivity index (χ2n) is 6.12. The number of benzene rings is 2. The molecule has 2 atom stereocenters. The third-order valence-electron chi connectivity index (χ3n) is 4.06. The first-order valence-corrected chi connectivity index (χ1v) is 8.55. The molecule has 0 spiro atoms. The van der Waals surface area contributed by atoms with Gasteiger partial charge in [-0.25, -0.2) is 0 Å². The zero-order chi connectivity index (χ0) is 17.4. The van der Waals surface area contributed by atoms with Gasteiger partial charge in [-0.15, -0.1) is 0 Å². The van der Waals surface area contributed by atoms with E-state index in [-0.39, 0.29) is 18.5 Å². The fourth-order valence-corrected chi connectivity index (χ4v) is 2.51. The Morgan fingerprint density at radius 2 is 1.67 bits per heavy atom. The minimum absolute atomic E-state index is 0.229. The number of hydrogen-bond donors (Lipinski definition) is 0. The van der Waals surface area contributed by atoms with Crippen molar-refractivity contribution in [3.63, 3.8) is 0 Å². The Kier molecular flexibility index (Phi) is 6.86. The van der Waals surface area contributed by atoms with Gasteiger partial charge in [0.25, 0.3) is 0 Å². The summed E-state index contributed by atoms with van der Waals surface area (Å²) in [5.41, 5.74) is 2.15. The molecule has 0 heterocycles. The normalized spacial score (nSPS) is 13.1. The molecule has 0 aromatic heterocycles. The van der Waals surface area contributed by atoms with Gasteiger partial charge in [0.15, 0.2) is 0 Å². The van der Waals surface area contributed by atoms with Crippen molar-refractivity contribution in [2.45, 2.75) is 45.6 Å². The summed E-state index contributed by atoms with van der Waals surface area (Å²) in [4.78, 5) is 12.0. The van der Waals surface area contributed by atoms with Gasteiger partial charge in [0, 0.05) is 0 Å². The molecule has 0 saturated carbocycles. The van der Waals surface area contributed by atoms with Crippen molar-refractivity contribution in [3.8, 4) is 5.75 Å². The first kappa shape index (κ1) is 18.1. The minimum atomic E-state index is -0.286. The van der Waals surface area contributed by atoms with Crippen molar-refractivity contribution < 1.29 is 14.3 Å². The largest absolute Gasteiger partial charge is 0.489 e. The Morgan fingerprint density at radius 3 is 2.38 bits per heavy atom. The summed E-state index contributed by atoms with van der Waals surface area (Å²) in [6, 6.07) is 17.7. The summed E-state index contributed by atoms with van der Waals surface area (Å²) in [5.74, 6) is 1.09. The van der Waals surface area contributed by atoms with Gasteiger partial charge in [-0.2, -0.15) is 0 Å². The molecular weight excluding hydrogens is 300 g/mol. The van der Waals surface area contributed by atoms with Crippen LogP contribution in [0, 0.1) is 0 Å². The predicted molar refractivity (Wildman–Crippen MR) is 96.3 cm³/mol. The molecule has 128 valence electrons. The monoisotopic (exact) mass is 326 g/mol. The van der Waals surface area contributed by atoms with Crippen LogP contribution in [0.5, 0.6) is 5.75 Å². The number of hydrogen-bond acceptors (Lipinski definition) is 3. The molecule has 0 radical (unpaired) electrons. The minimum Gasteiger partial charge on any atom is -0.489 e. The fourth-order valence-electron chi connectivity index (χ4n) is 2.51. The summed E-state index contributed by atoms with van der Waals surface area (Å²) in [6.07, 6.45) is 1.06. The van der Waals surface area contributed by atoms with Crippen LogP contribution in [0.3, 0.4) is 0 Å². The molecule has 0 bridgehead atoms. The maximum absolute atomic E-state index is 12.0. The highest BCUT2D eigenvalue weighted by Gasteiger charge is 2.14. The quantitative estimate of drug-likeness (QED) is 0.657. The van der Waals surface area contributed by atoms with E-state index in [9.17, 15) is 4.79 Å². The SMILES string of the molecule is CC[C@H](C)c1ccccc1OC[C@H](C)OC(=O)Cc1ccccc1. The third-order valence-corrected chi connectivity index (χ3v) is 4.06. The Labute approximate surface area is 144 Å². The number of ether oxygens (including phenoxy) is 2. The van der Waals surface area contributed by atoms with Gasteiger partial charge in [-0.1, -0.05) is 62.4 Å². The lowest BCUT2D eigenvalue weighted by atomic mass is 9.98. The van der Waals surface area contributed by atoms with Crippen LogP contribution in [0.4, 0.5) is 0 Å². The predicted octanol–water partition coefficient (Wildman–Crippen LogP) is 4.75. The molecule has 3 nitrogen and oxygen atoms in total. The van der Waals surface area contributed by atoms with Gasteiger partial charge in [0.1, 0.15) is 18.5 Å². The lowest BCUT2D eigenvalue weighted by molar-refractivity contribution is -0.148. The Bertz CT molecular complexity index is 637. The van der Waals surface area contributed by atoms with Crippen LogP contribution in [0.2, 0.25) is 0 Å². The second-order valence-corrected chi connectivity index (χ2v) is 6.12. The van der Waals surface area contributed by atoms with E-state index in [0.29, 0.717) is 12.5 Å². The molecule has 3 heteroatoms. The molecule has 2 rings (SSSR count). The van der Waals surface area contributed by atoms with E-state index in [0.717, 1.165) is 17.7 Å². The molecule has 0 fully saturated rings. The highest BCUT2D eigenvalue weighted by molar-refractivity contribution is 5.72. The van der Waals surface area contributed by atoms with E-state index in [4.69, 9.17) is 9.47 Å². The zero-order valence-corrected chi connectivity index (χ0v) is 14.7. The Morgan fingerprint density at radius 1 is 1.00 bits per heavy atom. The summed E-state index contributed by atoms with van der Waals surface area (Å²) >= 11 is 0. The number of esters is 1. The third kappa shape index (κ3) is 5.41. The average Bonchev–Trinajstić information content (AvgIpc) is 2.60. The first-order chi connectivity index (χ1) is 11.6. The van der Waals surface area contributed by atoms with Gasteiger partial charge < -0.3 is 9.47 Å². The lowest BCUT2D eigenvalue weighted by Crippen LogP contribution is -2.23. The van der Waals surface area contributed by atoms with Crippen LogP contribution in [-0.2, 0) is 16.0 Å². The van der Waals surface area contributed by atoms with Crippen molar-refractivity contribution in [3.05, 3.63) is 65.7 Å². The van der Waals surface area contributed by atoms with Crippen LogP contribution in [0.1, 0.15) is 44.2 Å². The smallest absolute Gasteiger partial charge is 0.310 e. The maximum atomic E-state index is 12.0. The lowest BCUT2D eigenvalue weighted by Gasteiger charge is -2.18. The molecule has 0 aliphatic carbocycles. The van der Waals surface area contributed by atoms with Crippen LogP contribution >= 0.6 is 0 Å². The standard InChI is InChI=1S/C21H26O3/c1-4-16(2)19-12-8-9-13-20(19)23-15-17(3)24-21(22)14-18-10-6-5-7-11-18/h5-13,16-17H,4,14-15H2,1-3H3/t16-,17-/m0/s1. The van der Waals surface area contributed by atoms with Crippen molar-refractivity contribution in [2.75, 3.05) is 6.61 Å². The molecule has 0 amide bonds. The molecular formula is C21H26O3. The van der Waals surface area contributed by atoms with Crippen molar-refractivity contribution >= 4 is 5.97 Å². The molecule has 0 saturated heterocycles. The van der Waals surface area contributed by atoms with Gasteiger partial charge in [-0.05, 0) is 36.5 Å². The van der Waals surface area contributed by atoms with Gasteiger partial charge in [-0.3, -0.25) is 4.79 Å². The second kappa shape index (κ2) is 9.11. The highest BCUT2D eigenvalue weighted by atomic mass is 16.6. The highest BCUT2D eigenvalue weighted by Crippen LogP contribution is 2.28. The molecule has 0 aliphatic rings. The summed E-state index contributed by atoms with van der Waals surface area (Å²) in [6.45, 7) is 6.56. The van der Waals surface area contributed by atoms with Crippen LogP contribution < -0.4 is 4.74 Å². The number of rotatable bonds is 8. The van der Waals surface area contributed by atoms with E-state index in [1.54, 1.807) is 0 Å². The van der Waals surface area contributed by atoms with Crippen LogP contribution in [0.25, 0.3) is 0 Å². The van der Waals surface area contributed by atoms with Crippen LogP contribution in [0.15, 0.2) is 54.6 Å². The van der Waals surface area contributed by atoms with E-state index in [1.807, 2.05) is 55.5 Å². The fraction of sp³-hybridized carbons (Fsp3) is 0.381. The van der Waals surface area contributed by atoms with Crippen molar-refractivity contribution in [1.29, 1.82) is 0 Å². The Hall–Kier alpha value is -2.29. The first-order valence-electron chi connectivity index (χ1n) is 8.55. The topological polar surface area (TPSA) is 35.5 Å². The molecule has 2 aromatic carbocycles. The average molecular weight is 326 g/mol. The molecule has 0 aliphatic heterocycles. The van der Waals surface area contributed by atoms with Crippen molar-refractivity contribution in [1.82, 2.24) is 0 Å². The van der Waals surface area contributed by atoms with E-state index in [1.165, 1.54) is 5.56 Å². The number of para-hydroxylation sites is 1. The van der Waals surface area contributed by atoms with E-state index >= 15 is 0 Å². The molecule has 0 unspecified atom stereocenters. The maximum Gasteiger partial charge on any atom is 0.310 e.